The van der Waals surface area contributed by atoms with Gasteiger partial charge in [0.1, 0.15) is 0 Å². The van der Waals surface area contributed by atoms with Crippen molar-refractivity contribution in [2.45, 2.75) is 0 Å². The molecule has 1 aliphatic heterocycles. The van der Waals surface area contributed by atoms with Gasteiger partial charge in [0.25, 0.3) is 0 Å². The van der Waals surface area contributed by atoms with Crippen LogP contribution in [-0.2, 0) is 0 Å². The maximum atomic E-state index is 10.9. The first-order valence-corrected chi connectivity index (χ1v) is 3.16. The second-order valence-electron chi connectivity index (χ2n) is 2.24. The maximum absolute atomic E-state index is 10.9. The third-order valence-electron chi connectivity index (χ3n) is 1.55. The fourth-order valence-corrected chi connectivity index (χ4v) is 1.03. The van der Waals surface area contributed by atoms with E-state index in [-0.39, 0.29) is 0 Å². The number of hydrogen-bond donors (Lipinski definition) is 1. The molecule has 1 heterocycles. The van der Waals surface area contributed by atoms with Gasteiger partial charge in [0.2, 0.25) is 5.69 Å². The lowest BCUT2D eigenvalue weighted by molar-refractivity contribution is -0.344. The first kappa shape index (κ1) is 6.03. The minimum absolute atomic E-state index is 0.343. The van der Waals surface area contributed by atoms with E-state index in [4.69, 9.17) is 0 Å². The van der Waals surface area contributed by atoms with Gasteiger partial charge in [-0.3, -0.25) is 0 Å². The number of fused-ring (bicyclic) bond motifs is 1. The lowest BCUT2D eigenvalue weighted by Gasteiger charge is -1.83. The molecule has 0 radical (unpaired) electrons. The molecule has 1 aromatic rings. The number of carbonyl (C=O) groups excluding carboxylic acids is 1. The van der Waals surface area contributed by atoms with Gasteiger partial charge in [-0.15, -0.1) is 0 Å². The zero-order valence-corrected chi connectivity index (χ0v) is 5.57. The molecule has 54 valence electrons. The van der Waals surface area contributed by atoms with E-state index in [0.29, 0.717) is 16.1 Å². The molecule has 0 saturated heterocycles. The number of carbonyl (C=O) groups is 1. The van der Waals surface area contributed by atoms with Crippen molar-refractivity contribution in [2.24, 2.45) is 0 Å². The van der Waals surface area contributed by atoms with Crippen molar-refractivity contribution in [2.75, 3.05) is 5.32 Å². The Kier molecular flexibility index (Phi) is 1.03. The molecule has 0 saturated carbocycles. The summed E-state index contributed by atoms with van der Waals surface area (Å²) in [6.07, 6.45) is 0. The van der Waals surface area contributed by atoms with Crippen LogP contribution in [0, 0.1) is 4.91 Å². The molecule has 0 spiro atoms. The minimum atomic E-state index is -0.619. The molecule has 0 unspecified atom stereocenters. The van der Waals surface area contributed by atoms with Gasteiger partial charge in [0.15, 0.2) is 5.69 Å². The van der Waals surface area contributed by atoms with E-state index in [2.05, 4.69) is 5.32 Å². The van der Waals surface area contributed by atoms with Crippen molar-refractivity contribution < 1.29 is 9.55 Å². The lowest BCUT2D eigenvalue weighted by atomic mass is 10.3. The van der Waals surface area contributed by atoms with Gasteiger partial charge in [-0.25, -0.2) is 0 Å². The second kappa shape index (κ2) is 1.88. The van der Waals surface area contributed by atoms with Crippen LogP contribution in [0.25, 0.3) is 0 Å². The molecule has 1 N–H and O–H groups in total. The highest BCUT2D eigenvalue weighted by molar-refractivity contribution is 5.93. The topological polar surface area (TPSA) is 49.2 Å². The largest absolute Gasteiger partial charge is 0.540 e. The molecular weight excluding hydrogens is 144 g/mol. The SMILES string of the molecule is O=C1Nc2ccccc2[N+]1=O. The van der Waals surface area contributed by atoms with Crippen LogP contribution < -0.4 is 5.32 Å². The molecule has 4 nitrogen and oxygen atoms in total. The minimum Gasteiger partial charge on any atom is -0.197 e. The van der Waals surface area contributed by atoms with Gasteiger partial charge < -0.3 is 0 Å². The van der Waals surface area contributed by atoms with E-state index in [1.165, 1.54) is 0 Å². The highest BCUT2D eigenvalue weighted by Gasteiger charge is 2.34. The van der Waals surface area contributed by atoms with E-state index in [0.717, 1.165) is 0 Å². The summed E-state index contributed by atoms with van der Waals surface area (Å²) in [5.74, 6) is 0. The Labute approximate surface area is 62.4 Å². The molecule has 2 amide bonds. The monoisotopic (exact) mass is 149 g/mol. The number of para-hydroxylation sites is 2. The average molecular weight is 149 g/mol. The average Bonchev–Trinajstić information content (AvgIpc) is 2.30. The van der Waals surface area contributed by atoms with E-state index < -0.39 is 6.03 Å². The molecule has 0 aliphatic carbocycles. The Hall–Kier alpha value is -1.71. The number of rotatable bonds is 0. The number of benzene rings is 1. The summed E-state index contributed by atoms with van der Waals surface area (Å²) in [6, 6.07) is 6.14. The smallest absolute Gasteiger partial charge is 0.197 e. The summed E-state index contributed by atoms with van der Waals surface area (Å²) in [6.45, 7) is 0. The maximum Gasteiger partial charge on any atom is 0.540 e. The van der Waals surface area contributed by atoms with E-state index in [1.54, 1.807) is 24.3 Å². The number of urea groups is 1. The van der Waals surface area contributed by atoms with Gasteiger partial charge in [0.05, 0.1) is 4.76 Å². The summed E-state index contributed by atoms with van der Waals surface area (Å²) in [7, 11) is 0. The van der Waals surface area contributed by atoms with E-state index >= 15 is 0 Å². The Morgan fingerprint density at radius 1 is 1.27 bits per heavy atom. The van der Waals surface area contributed by atoms with Gasteiger partial charge in [-0.05, 0) is 12.1 Å². The Balaban J connectivity index is 2.64. The summed E-state index contributed by atoms with van der Waals surface area (Å²) in [5.41, 5.74) is 0.963. The zero-order valence-electron chi connectivity index (χ0n) is 5.57. The third kappa shape index (κ3) is 0.724. The molecule has 11 heavy (non-hydrogen) atoms. The quantitative estimate of drug-likeness (QED) is 0.570. The van der Waals surface area contributed by atoms with Crippen molar-refractivity contribution in [3.8, 4) is 0 Å². The first-order chi connectivity index (χ1) is 5.29. The summed E-state index contributed by atoms with van der Waals surface area (Å²) >= 11 is 0. The van der Waals surface area contributed by atoms with Crippen LogP contribution in [0.3, 0.4) is 0 Å². The summed E-state index contributed by atoms with van der Waals surface area (Å²) in [5, 5.41) is 2.42. The molecule has 0 bridgehead atoms. The second-order valence-corrected chi connectivity index (χ2v) is 2.24. The molecule has 1 aromatic carbocycles. The number of nitrogens with zero attached hydrogens (tertiary/aromatic N) is 1. The first-order valence-electron chi connectivity index (χ1n) is 3.16. The van der Waals surface area contributed by atoms with Crippen molar-refractivity contribution in [1.82, 2.24) is 0 Å². The van der Waals surface area contributed by atoms with Crippen molar-refractivity contribution in [3.63, 3.8) is 0 Å². The van der Waals surface area contributed by atoms with Gasteiger partial charge >= 0.3 is 6.03 Å². The Morgan fingerprint density at radius 3 is 2.73 bits per heavy atom. The van der Waals surface area contributed by atoms with Crippen molar-refractivity contribution in [1.29, 1.82) is 0 Å². The fourth-order valence-electron chi connectivity index (χ4n) is 1.03. The van der Waals surface area contributed by atoms with Crippen LogP contribution in [-0.4, -0.2) is 10.8 Å². The number of anilines is 1. The molecule has 0 aromatic heterocycles. The third-order valence-corrected chi connectivity index (χ3v) is 1.55. The summed E-state index contributed by atoms with van der Waals surface area (Å²) < 4.78 is 0.343. The zero-order chi connectivity index (χ0) is 7.84. The molecule has 0 fully saturated rings. The molecule has 4 heteroatoms. The standard InChI is InChI=1S/C7H4N2O2/c10-7-8-5-3-1-2-4-6(5)9(7)11/h1-4H/p+1. The summed E-state index contributed by atoms with van der Waals surface area (Å²) in [4.78, 5) is 21.6. The van der Waals surface area contributed by atoms with Gasteiger partial charge in [0, 0.05) is 0 Å². The van der Waals surface area contributed by atoms with Crippen molar-refractivity contribution >= 4 is 17.4 Å². The number of nitrogens with one attached hydrogen (secondary N) is 1. The Morgan fingerprint density at radius 2 is 2.00 bits per heavy atom. The van der Waals surface area contributed by atoms with Gasteiger partial charge in [-0.1, -0.05) is 17.0 Å². The van der Waals surface area contributed by atoms with Crippen LogP contribution in [0.15, 0.2) is 24.3 Å². The van der Waals surface area contributed by atoms with Crippen LogP contribution in [0.2, 0.25) is 0 Å². The van der Waals surface area contributed by atoms with Crippen molar-refractivity contribution in [3.05, 3.63) is 29.2 Å². The Bertz CT molecular complexity index is 346. The van der Waals surface area contributed by atoms with Crippen LogP contribution >= 0.6 is 0 Å². The molecule has 2 rings (SSSR count). The van der Waals surface area contributed by atoms with Gasteiger partial charge in [-0.2, -0.15) is 10.1 Å². The molecule has 1 aliphatic rings. The highest BCUT2D eigenvalue weighted by Crippen LogP contribution is 2.29. The predicted molar refractivity (Wildman–Crippen MR) is 38.7 cm³/mol. The normalized spacial score (nSPS) is 14.5. The fraction of sp³-hybridized carbons (Fsp3) is 0. The lowest BCUT2D eigenvalue weighted by Crippen LogP contribution is -2.10. The predicted octanol–water partition coefficient (Wildman–Crippen LogP) is 1.64. The molecule has 0 atom stereocenters. The highest BCUT2D eigenvalue weighted by atomic mass is 16.3. The van der Waals surface area contributed by atoms with E-state index in [9.17, 15) is 9.70 Å². The van der Waals surface area contributed by atoms with Crippen LogP contribution in [0.1, 0.15) is 0 Å². The molecular formula is C7H5N2O2+. The number of hydrogen-bond acceptors (Lipinski definition) is 2. The van der Waals surface area contributed by atoms with Crippen LogP contribution in [0.5, 0.6) is 0 Å². The number of nitroso groups, excluding NO2 is 1. The number of amides is 2. The van der Waals surface area contributed by atoms with Crippen LogP contribution in [0.4, 0.5) is 16.2 Å². The van der Waals surface area contributed by atoms with E-state index in [1.807, 2.05) is 0 Å².